The number of methoxy groups -OCH3 is 1. The van der Waals surface area contributed by atoms with Gasteiger partial charge in [0.1, 0.15) is 23.4 Å². The number of hydrogen-bond acceptors (Lipinski definition) is 7. The Morgan fingerprint density at radius 1 is 1.08 bits per heavy atom. The van der Waals surface area contributed by atoms with Crippen LogP contribution in [0.25, 0.3) is 10.9 Å². The lowest BCUT2D eigenvalue weighted by atomic mass is 9.86. The number of anilines is 2. The number of nitrogens with one attached hydrogen (secondary N) is 1. The van der Waals surface area contributed by atoms with Gasteiger partial charge in [-0.1, -0.05) is 6.07 Å². The number of piperazine rings is 1. The number of rotatable bonds is 8. The number of aryl methyl sites for hydroxylation is 1. The monoisotopic (exact) mass is 533 g/mol. The maximum absolute atomic E-state index is 13.2. The molecule has 0 spiro atoms. The van der Waals surface area contributed by atoms with Gasteiger partial charge >= 0.3 is 0 Å². The zero-order chi connectivity index (χ0) is 27.4. The number of amides is 2. The van der Waals surface area contributed by atoms with Gasteiger partial charge in [0.05, 0.1) is 24.5 Å². The molecule has 2 aliphatic rings. The van der Waals surface area contributed by atoms with Crippen LogP contribution in [0.3, 0.4) is 0 Å². The van der Waals surface area contributed by atoms with Gasteiger partial charge in [-0.05, 0) is 62.9 Å². The molecule has 0 unspecified atom stereocenters. The van der Waals surface area contributed by atoms with E-state index in [-0.39, 0.29) is 23.8 Å². The van der Waals surface area contributed by atoms with Crippen LogP contribution < -0.4 is 15.0 Å². The van der Waals surface area contributed by atoms with Crippen LogP contribution in [-0.2, 0) is 20.9 Å². The molecule has 1 aromatic carbocycles. The van der Waals surface area contributed by atoms with Crippen LogP contribution in [0, 0.1) is 5.92 Å². The Hall–Kier alpha value is -4.08. The fraction of sp³-hybridized carbons (Fsp3) is 0.448. The second kappa shape index (κ2) is 11.8. The van der Waals surface area contributed by atoms with Crippen molar-refractivity contribution in [2.45, 2.75) is 45.3 Å². The maximum atomic E-state index is 13.2. The van der Waals surface area contributed by atoms with Gasteiger partial charge < -0.3 is 29.2 Å². The Balaban J connectivity index is 1.17. The Morgan fingerprint density at radius 2 is 1.85 bits per heavy atom. The normalized spacial score (nSPS) is 19.5. The van der Waals surface area contributed by atoms with E-state index in [9.17, 15) is 14.4 Å². The summed E-state index contributed by atoms with van der Waals surface area (Å²) in [6, 6.07) is 11.4. The number of nitrogens with zero attached hydrogens (tertiary/aromatic N) is 4. The van der Waals surface area contributed by atoms with E-state index in [1.807, 2.05) is 52.8 Å². The molecule has 2 fully saturated rings. The minimum Gasteiger partial charge on any atom is -0.496 e. The fourth-order valence-electron chi connectivity index (χ4n) is 5.74. The van der Waals surface area contributed by atoms with Crippen LogP contribution in [0.1, 0.15) is 43.1 Å². The Bertz CT molecular complexity index is 1320. The lowest BCUT2D eigenvalue weighted by Gasteiger charge is -2.38. The van der Waals surface area contributed by atoms with E-state index in [0.29, 0.717) is 50.6 Å². The van der Waals surface area contributed by atoms with Crippen LogP contribution in [-0.4, -0.2) is 72.1 Å². The summed E-state index contributed by atoms with van der Waals surface area (Å²) in [5.74, 6) is 1.56. The van der Waals surface area contributed by atoms with E-state index in [1.165, 1.54) is 0 Å². The van der Waals surface area contributed by atoms with E-state index in [2.05, 4.69) is 15.2 Å². The van der Waals surface area contributed by atoms with Crippen molar-refractivity contribution in [2.75, 3.05) is 43.5 Å². The maximum Gasteiger partial charge on any atom is 0.293 e. The third-order valence-corrected chi connectivity index (χ3v) is 7.87. The van der Waals surface area contributed by atoms with Crippen molar-refractivity contribution in [3.05, 3.63) is 48.3 Å². The number of benzene rings is 1. The highest BCUT2D eigenvalue weighted by Gasteiger charge is 2.31. The van der Waals surface area contributed by atoms with Crippen molar-refractivity contribution < 1.29 is 23.9 Å². The van der Waals surface area contributed by atoms with Crippen molar-refractivity contribution in [1.29, 1.82) is 0 Å². The van der Waals surface area contributed by atoms with Crippen LogP contribution in [0.5, 0.6) is 5.75 Å². The smallest absolute Gasteiger partial charge is 0.293 e. The molecule has 0 radical (unpaired) electrons. The number of ether oxygens (including phenoxy) is 2. The molecule has 2 amide bonds. The van der Waals surface area contributed by atoms with Gasteiger partial charge in [0.15, 0.2) is 0 Å². The molecule has 10 heteroatoms. The van der Waals surface area contributed by atoms with E-state index in [4.69, 9.17) is 9.47 Å². The topological polar surface area (TPSA) is 106 Å². The quantitative estimate of drug-likeness (QED) is 0.440. The minimum atomic E-state index is -0.205. The molecule has 1 aliphatic carbocycles. The summed E-state index contributed by atoms with van der Waals surface area (Å²) in [6.07, 6.45) is 4.64. The highest BCUT2D eigenvalue weighted by molar-refractivity contribution is 6.07. The van der Waals surface area contributed by atoms with Gasteiger partial charge in [-0.25, -0.2) is 4.98 Å². The SMILES string of the molecule is CCn1c(C(=O)Nc2ccc(N3CCN(C(=O)C4CCC(OC=O)CC4)CC3)nc2)cc2c(OC)cccc21. The van der Waals surface area contributed by atoms with Crippen LogP contribution in [0.4, 0.5) is 11.5 Å². The van der Waals surface area contributed by atoms with Crippen LogP contribution >= 0.6 is 0 Å². The van der Waals surface area contributed by atoms with Gasteiger partial charge in [0, 0.05) is 44.0 Å². The predicted molar refractivity (Wildman–Crippen MR) is 148 cm³/mol. The molecular weight excluding hydrogens is 498 g/mol. The molecule has 5 rings (SSSR count). The van der Waals surface area contributed by atoms with E-state index in [0.717, 1.165) is 48.2 Å². The molecule has 39 heavy (non-hydrogen) atoms. The minimum absolute atomic E-state index is 0.0107. The molecule has 1 N–H and O–H groups in total. The van der Waals surface area contributed by atoms with E-state index in [1.54, 1.807) is 13.3 Å². The first-order valence-electron chi connectivity index (χ1n) is 13.6. The molecular formula is C29H35N5O5. The average molecular weight is 534 g/mol. The molecule has 10 nitrogen and oxygen atoms in total. The van der Waals surface area contributed by atoms with E-state index < -0.39 is 0 Å². The lowest BCUT2D eigenvalue weighted by Crippen LogP contribution is -2.51. The predicted octanol–water partition coefficient (Wildman–Crippen LogP) is 3.70. The fourth-order valence-corrected chi connectivity index (χ4v) is 5.74. The molecule has 206 valence electrons. The van der Waals surface area contributed by atoms with Crippen molar-refractivity contribution in [3.63, 3.8) is 0 Å². The average Bonchev–Trinajstić information content (AvgIpc) is 3.37. The standard InChI is InChI=1S/C29H35N5O5/c1-3-34-24-5-4-6-26(38-2)23(24)17-25(34)28(36)31-21-9-12-27(30-18-21)32-13-15-33(16-14-32)29(37)20-7-10-22(11-8-20)39-19-35/h4-6,9,12,17-20,22H,3,7-8,10-11,13-16H2,1-2H3,(H,31,36). The third kappa shape index (κ3) is 5.55. The summed E-state index contributed by atoms with van der Waals surface area (Å²) < 4.78 is 12.5. The van der Waals surface area contributed by atoms with Gasteiger partial charge in [0.25, 0.3) is 12.4 Å². The summed E-state index contributed by atoms with van der Waals surface area (Å²) in [5.41, 5.74) is 2.13. The highest BCUT2D eigenvalue weighted by Crippen LogP contribution is 2.30. The number of aromatic nitrogens is 2. The van der Waals surface area contributed by atoms with E-state index >= 15 is 0 Å². The number of carbonyl (C=O) groups excluding carboxylic acids is 3. The zero-order valence-electron chi connectivity index (χ0n) is 22.5. The summed E-state index contributed by atoms with van der Waals surface area (Å²) in [4.78, 5) is 45.4. The summed E-state index contributed by atoms with van der Waals surface area (Å²) in [5, 5.41) is 3.87. The van der Waals surface area contributed by atoms with Crippen molar-refractivity contribution in [3.8, 4) is 5.75 Å². The molecule has 0 atom stereocenters. The Morgan fingerprint density at radius 3 is 2.49 bits per heavy atom. The zero-order valence-corrected chi connectivity index (χ0v) is 22.5. The first-order chi connectivity index (χ1) is 19.0. The van der Waals surface area contributed by atoms with Crippen molar-refractivity contribution in [1.82, 2.24) is 14.5 Å². The number of pyridine rings is 1. The largest absolute Gasteiger partial charge is 0.496 e. The molecule has 3 heterocycles. The van der Waals surface area contributed by atoms with Gasteiger partial charge in [0.2, 0.25) is 5.91 Å². The van der Waals surface area contributed by atoms with Crippen molar-refractivity contribution >= 4 is 40.7 Å². The number of fused-ring (bicyclic) bond motifs is 1. The van der Waals surface area contributed by atoms with Gasteiger partial charge in [-0.2, -0.15) is 0 Å². The Labute approximate surface area is 227 Å². The molecule has 1 saturated carbocycles. The molecule has 1 aliphatic heterocycles. The van der Waals surface area contributed by atoms with Crippen molar-refractivity contribution in [2.24, 2.45) is 5.92 Å². The molecule has 3 aromatic rings. The summed E-state index contributed by atoms with van der Waals surface area (Å²) in [7, 11) is 1.63. The first kappa shape index (κ1) is 26.5. The first-order valence-corrected chi connectivity index (χ1v) is 13.6. The second-order valence-electron chi connectivity index (χ2n) is 10.0. The second-order valence-corrected chi connectivity index (χ2v) is 10.0. The molecule has 0 bridgehead atoms. The molecule has 1 saturated heterocycles. The molecule has 2 aromatic heterocycles. The van der Waals surface area contributed by atoms with Gasteiger partial charge in [-0.3, -0.25) is 14.4 Å². The number of hydrogen-bond donors (Lipinski definition) is 1. The van der Waals surface area contributed by atoms with Crippen LogP contribution in [0.2, 0.25) is 0 Å². The number of carbonyl (C=O) groups is 3. The lowest BCUT2D eigenvalue weighted by molar-refractivity contribution is -0.140. The third-order valence-electron chi connectivity index (χ3n) is 7.87. The summed E-state index contributed by atoms with van der Waals surface area (Å²) >= 11 is 0. The Kier molecular flexibility index (Phi) is 7.99. The highest BCUT2D eigenvalue weighted by atomic mass is 16.5. The van der Waals surface area contributed by atoms with Gasteiger partial charge in [-0.15, -0.1) is 0 Å². The van der Waals surface area contributed by atoms with Crippen LogP contribution in [0.15, 0.2) is 42.6 Å². The summed E-state index contributed by atoms with van der Waals surface area (Å²) in [6.45, 7) is 5.86.